The highest BCUT2D eigenvalue weighted by atomic mass is 32.2. The van der Waals surface area contributed by atoms with Crippen molar-refractivity contribution >= 4 is 21.6 Å². The van der Waals surface area contributed by atoms with Crippen molar-refractivity contribution < 1.29 is 13.2 Å². The Bertz CT molecular complexity index is 582. The molecule has 1 amide bonds. The summed E-state index contributed by atoms with van der Waals surface area (Å²) in [4.78, 5) is 11.1. The van der Waals surface area contributed by atoms with Gasteiger partial charge in [0.1, 0.15) is 0 Å². The monoisotopic (exact) mass is 285 g/mol. The van der Waals surface area contributed by atoms with Crippen LogP contribution >= 0.6 is 0 Å². The SMILES string of the molecule is Cc1ccc(S(=O)(=O)N(CC(N)=O)C(C)C)cc1N. The fraction of sp³-hybridized carbons (Fsp3) is 0.417. The van der Waals surface area contributed by atoms with Crippen LogP contribution in [0.25, 0.3) is 0 Å². The lowest BCUT2D eigenvalue weighted by Crippen LogP contribution is -2.42. The third-order valence-electron chi connectivity index (χ3n) is 2.74. The van der Waals surface area contributed by atoms with Crippen LogP contribution in [0.15, 0.2) is 23.1 Å². The highest BCUT2D eigenvalue weighted by Crippen LogP contribution is 2.22. The number of rotatable bonds is 5. The van der Waals surface area contributed by atoms with Crippen LogP contribution < -0.4 is 11.5 Å². The van der Waals surface area contributed by atoms with Gasteiger partial charge in [0, 0.05) is 11.7 Å². The molecule has 0 heterocycles. The van der Waals surface area contributed by atoms with Gasteiger partial charge in [-0.15, -0.1) is 0 Å². The quantitative estimate of drug-likeness (QED) is 0.766. The second-order valence-electron chi connectivity index (χ2n) is 4.63. The molecule has 0 aliphatic rings. The average Bonchev–Trinajstić information content (AvgIpc) is 2.28. The van der Waals surface area contributed by atoms with Gasteiger partial charge in [0.2, 0.25) is 15.9 Å². The van der Waals surface area contributed by atoms with Gasteiger partial charge in [-0.3, -0.25) is 4.79 Å². The predicted octanol–water partition coefficient (Wildman–Crippen LogP) is 0.462. The topological polar surface area (TPSA) is 106 Å². The third-order valence-corrected chi connectivity index (χ3v) is 4.76. The summed E-state index contributed by atoms with van der Waals surface area (Å²) in [6, 6.07) is 4.11. The smallest absolute Gasteiger partial charge is 0.243 e. The van der Waals surface area contributed by atoms with Crippen molar-refractivity contribution in [2.75, 3.05) is 12.3 Å². The molecule has 0 spiro atoms. The lowest BCUT2D eigenvalue weighted by molar-refractivity contribution is -0.118. The lowest BCUT2D eigenvalue weighted by atomic mass is 10.2. The summed E-state index contributed by atoms with van der Waals surface area (Å²) in [5.74, 6) is -0.697. The van der Waals surface area contributed by atoms with E-state index in [9.17, 15) is 13.2 Å². The summed E-state index contributed by atoms with van der Waals surface area (Å²) in [5.41, 5.74) is 12.0. The number of amides is 1. The largest absolute Gasteiger partial charge is 0.398 e. The maximum atomic E-state index is 12.4. The van der Waals surface area contributed by atoms with Crippen molar-refractivity contribution in [2.45, 2.75) is 31.7 Å². The number of carbonyl (C=O) groups excluding carboxylic acids is 1. The highest BCUT2D eigenvalue weighted by molar-refractivity contribution is 7.89. The molecule has 0 atom stereocenters. The minimum Gasteiger partial charge on any atom is -0.398 e. The molecule has 0 saturated carbocycles. The number of hydrogen-bond donors (Lipinski definition) is 2. The summed E-state index contributed by atoms with van der Waals surface area (Å²) >= 11 is 0. The molecule has 1 aromatic carbocycles. The van der Waals surface area contributed by atoms with Gasteiger partial charge in [0.15, 0.2) is 0 Å². The van der Waals surface area contributed by atoms with E-state index in [1.807, 2.05) is 0 Å². The molecular weight excluding hydrogens is 266 g/mol. The van der Waals surface area contributed by atoms with Gasteiger partial charge < -0.3 is 11.5 Å². The molecule has 4 N–H and O–H groups in total. The van der Waals surface area contributed by atoms with E-state index in [0.717, 1.165) is 9.87 Å². The number of benzene rings is 1. The van der Waals surface area contributed by atoms with E-state index in [1.165, 1.54) is 12.1 Å². The minimum atomic E-state index is -3.78. The Morgan fingerprint density at radius 1 is 1.37 bits per heavy atom. The summed E-state index contributed by atoms with van der Waals surface area (Å²) < 4.78 is 25.9. The number of aryl methyl sites for hydroxylation is 1. The molecule has 1 rings (SSSR count). The maximum Gasteiger partial charge on any atom is 0.243 e. The van der Waals surface area contributed by atoms with Crippen LogP contribution in [0.2, 0.25) is 0 Å². The number of anilines is 1. The Balaban J connectivity index is 3.26. The van der Waals surface area contributed by atoms with Crippen LogP contribution in [0.1, 0.15) is 19.4 Å². The molecule has 6 nitrogen and oxygen atoms in total. The van der Waals surface area contributed by atoms with E-state index >= 15 is 0 Å². The van der Waals surface area contributed by atoms with Gasteiger partial charge in [-0.2, -0.15) is 4.31 Å². The zero-order chi connectivity index (χ0) is 14.8. The van der Waals surface area contributed by atoms with Crippen molar-refractivity contribution in [1.82, 2.24) is 4.31 Å². The van der Waals surface area contributed by atoms with Crippen LogP contribution in [0.4, 0.5) is 5.69 Å². The Labute approximate surface area is 113 Å². The fourth-order valence-electron chi connectivity index (χ4n) is 1.61. The first-order chi connectivity index (χ1) is 8.66. The molecule has 19 heavy (non-hydrogen) atoms. The Morgan fingerprint density at radius 2 is 1.95 bits per heavy atom. The molecule has 106 valence electrons. The van der Waals surface area contributed by atoms with Crippen molar-refractivity contribution in [3.8, 4) is 0 Å². The molecule has 0 saturated heterocycles. The molecule has 0 aliphatic heterocycles. The summed E-state index contributed by atoms with van der Waals surface area (Å²) in [7, 11) is -3.78. The maximum absolute atomic E-state index is 12.4. The number of nitrogens with zero attached hydrogens (tertiary/aromatic N) is 1. The van der Waals surface area contributed by atoms with Crippen LogP contribution in [-0.4, -0.2) is 31.2 Å². The molecule has 0 fully saturated rings. The summed E-state index contributed by atoms with van der Waals surface area (Å²) in [5, 5.41) is 0. The minimum absolute atomic E-state index is 0.0607. The first-order valence-electron chi connectivity index (χ1n) is 5.82. The van der Waals surface area contributed by atoms with Crippen LogP contribution in [0, 0.1) is 6.92 Å². The van der Waals surface area contributed by atoms with Crippen molar-refractivity contribution in [3.05, 3.63) is 23.8 Å². The second kappa shape index (κ2) is 5.58. The number of sulfonamides is 1. The van der Waals surface area contributed by atoms with Crippen LogP contribution in [-0.2, 0) is 14.8 Å². The van der Waals surface area contributed by atoms with Gasteiger partial charge in [-0.05, 0) is 38.5 Å². The number of nitrogens with two attached hydrogens (primary N) is 2. The molecule has 0 radical (unpaired) electrons. The van der Waals surface area contributed by atoms with Gasteiger partial charge in [-0.1, -0.05) is 6.07 Å². The van der Waals surface area contributed by atoms with Crippen molar-refractivity contribution in [1.29, 1.82) is 0 Å². The highest BCUT2D eigenvalue weighted by Gasteiger charge is 2.28. The Morgan fingerprint density at radius 3 is 2.37 bits per heavy atom. The number of hydrogen-bond acceptors (Lipinski definition) is 4. The first-order valence-corrected chi connectivity index (χ1v) is 7.26. The molecule has 7 heteroatoms. The van der Waals surface area contributed by atoms with Crippen LogP contribution in [0.3, 0.4) is 0 Å². The number of carbonyl (C=O) groups is 1. The molecule has 0 bridgehead atoms. The second-order valence-corrected chi connectivity index (χ2v) is 6.52. The fourth-order valence-corrected chi connectivity index (χ4v) is 3.25. The van der Waals surface area contributed by atoms with E-state index in [-0.39, 0.29) is 17.5 Å². The Hall–Kier alpha value is -1.60. The predicted molar refractivity (Wildman–Crippen MR) is 73.8 cm³/mol. The molecule has 0 aliphatic carbocycles. The summed E-state index contributed by atoms with van der Waals surface area (Å²) in [6.07, 6.45) is 0. The van der Waals surface area contributed by atoms with Crippen LogP contribution in [0.5, 0.6) is 0 Å². The number of primary amides is 1. The van der Waals surface area contributed by atoms with Crippen molar-refractivity contribution in [2.24, 2.45) is 5.73 Å². The van der Waals surface area contributed by atoms with E-state index in [1.54, 1.807) is 26.8 Å². The van der Waals surface area contributed by atoms with Gasteiger partial charge >= 0.3 is 0 Å². The molecule has 0 unspecified atom stereocenters. The van der Waals surface area contributed by atoms with E-state index in [0.29, 0.717) is 5.69 Å². The zero-order valence-electron chi connectivity index (χ0n) is 11.3. The Kier molecular flexibility index (Phi) is 4.54. The van der Waals surface area contributed by atoms with Crippen molar-refractivity contribution in [3.63, 3.8) is 0 Å². The average molecular weight is 285 g/mol. The molecular formula is C12H19N3O3S. The van der Waals surface area contributed by atoms with E-state index in [4.69, 9.17) is 11.5 Å². The standard InChI is InChI=1S/C12H19N3O3S/c1-8(2)15(7-12(14)16)19(17,18)10-5-4-9(3)11(13)6-10/h4-6,8H,7,13H2,1-3H3,(H2,14,16). The normalized spacial score (nSPS) is 12.1. The van der Waals surface area contributed by atoms with E-state index in [2.05, 4.69) is 0 Å². The van der Waals surface area contributed by atoms with Gasteiger partial charge in [0.25, 0.3) is 0 Å². The molecule has 0 aromatic heterocycles. The zero-order valence-corrected chi connectivity index (χ0v) is 12.1. The van der Waals surface area contributed by atoms with Gasteiger partial charge in [-0.25, -0.2) is 8.42 Å². The van der Waals surface area contributed by atoms with E-state index < -0.39 is 15.9 Å². The number of nitrogen functional groups attached to an aromatic ring is 1. The first kappa shape index (κ1) is 15.5. The molecule has 1 aromatic rings. The lowest BCUT2D eigenvalue weighted by Gasteiger charge is -2.24. The third kappa shape index (κ3) is 3.45. The van der Waals surface area contributed by atoms with Gasteiger partial charge in [0.05, 0.1) is 11.4 Å². The summed E-state index contributed by atoms with van der Waals surface area (Å²) in [6.45, 7) is 4.79.